The van der Waals surface area contributed by atoms with Crippen molar-refractivity contribution in [1.82, 2.24) is 0 Å². The summed E-state index contributed by atoms with van der Waals surface area (Å²) >= 11 is 6.34. The normalized spacial score (nSPS) is 56.9. The summed E-state index contributed by atoms with van der Waals surface area (Å²) in [6.07, 6.45) is -9.94. The summed E-state index contributed by atoms with van der Waals surface area (Å²) in [7, 11) is 0. The molecule has 1 saturated heterocycles. The second kappa shape index (κ2) is 6.82. The minimum absolute atomic E-state index is 0.645. The third-order valence-electron chi connectivity index (χ3n) is 5.39. The first-order valence-electron chi connectivity index (χ1n) is 8.12. The smallest absolute Gasteiger partial charge is 0.209 e. The van der Waals surface area contributed by atoms with E-state index >= 15 is 0 Å². The highest BCUT2D eigenvalue weighted by Crippen LogP contribution is 2.52. The monoisotopic (exact) mass is 398 g/mol. The van der Waals surface area contributed by atoms with Crippen molar-refractivity contribution >= 4 is 11.6 Å². The molecule has 11 atom stereocenters. The van der Waals surface area contributed by atoms with Crippen LogP contribution < -0.4 is 0 Å². The largest absolute Gasteiger partial charge is 0.472 e. The number of fused-ring (bicyclic) bond motifs is 1. The average Bonchev–Trinajstić information content (AvgIpc) is 2.73. The third kappa shape index (κ3) is 2.85. The fraction of sp³-hybridized carbons (Fsp3) is 0.867. The van der Waals surface area contributed by atoms with Crippen molar-refractivity contribution < 1.29 is 50.0 Å². The molecule has 150 valence electrons. The molecule has 3 rings (SSSR count). The van der Waals surface area contributed by atoms with Crippen LogP contribution in [0, 0.1) is 5.92 Å². The minimum Gasteiger partial charge on any atom is -0.472 e. The number of rotatable bonds is 3. The summed E-state index contributed by atoms with van der Waals surface area (Å²) in [5, 5.41) is 70.1. The standard InChI is InChI=1S/C15H23ClO10/c1-14(16)9-13(24-3-2-15(9,23)11(22)10(14)21)26-12-8(20)7(19)6(18)5(4-17)25-12/h2-3,5-13,17-23H,4H2,1H3/t5-,6-,7+,8-,9-,10+,11-,12+,13+,14+,15+/m1/s1. The fourth-order valence-corrected chi connectivity index (χ4v) is 4.19. The molecule has 11 heteroatoms. The van der Waals surface area contributed by atoms with E-state index in [9.17, 15) is 35.7 Å². The summed E-state index contributed by atoms with van der Waals surface area (Å²) in [4.78, 5) is -1.56. The zero-order valence-electron chi connectivity index (χ0n) is 13.8. The van der Waals surface area contributed by atoms with Gasteiger partial charge in [-0.05, 0) is 13.0 Å². The van der Waals surface area contributed by atoms with Gasteiger partial charge >= 0.3 is 0 Å². The quantitative estimate of drug-likeness (QED) is 0.240. The Labute approximate surface area is 153 Å². The van der Waals surface area contributed by atoms with Gasteiger partial charge in [-0.25, -0.2) is 0 Å². The van der Waals surface area contributed by atoms with Crippen LogP contribution in [-0.4, -0.2) is 102 Å². The van der Waals surface area contributed by atoms with Crippen molar-refractivity contribution in [1.29, 1.82) is 0 Å². The lowest BCUT2D eigenvalue weighted by atomic mass is 9.83. The molecule has 1 saturated carbocycles. The molecule has 10 nitrogen and oxygen atoms in total. The van der Waals surface area contributed by atoms with Crippen LogP contribution in [0.4, 0.5) is 0 Å². The zero-order chi connectivity index (χ0) is 19.4. The first-order chi connectivity index (χ1) is 12.1. The van der Waals surface area contributed by atoms with Crippen LogP contribution in [-0.2, 0) is 14.2 Å². The summed E-state index contributed by atoms with van der Waals surface area (Å²) in [6, 6.07) is 0. The molecule has 0 amide bonds. The van der Waals surface area contributed by atoms with Crippen LogP contribution in [0.1, 0.15) is 6.92 Å². The van der Waals surface area contributed by atoms with Gasteiger partial charge in [-0.15, -0.1) is 11.6 Å². The van der Waals surface area contributed by atoms with Gasteiger partial charge < -0.3 is 50.0 Å². The molecule has 0 aromatic rings. The van der Waals surface area contributed by atoms with E-state index < -0.39 is 72.2 Å². The van der Waals surface area contributed by atoms with Gasteiger partial charge in [0.2, 0.25) is 6.29 Å². The maximum absolute atomic E-state index is 10.8. The van der Waals surface area contributed by atoms with E-state index in [0.717, 1.165) is 12.3 Å². The topological polar surface area (TPSA) is 169 Å². The van der Waals surface area contributed by atoms with Gasteiger partial charge in [0.15, 0.2) is 6.29 Å². The first kappa shape index (κ1) is 20.2. The van der Waals surface area contributed by atoms with E-state index in [1.54, 1.807) is 0 Å². The number of halogens is 1. The van der Waals surface area contributed by atoms with Crippen LogP contribution in [0.15, 0.2) is 12.3 Å². The maximum Gasteiger partial charge on any atom is 0.209 e. The summed E-state index contributed by atoms with van der Waals surface area (Å²) in [5.74, 6) is -1.17. The lowest BCUT2D eigenvalue weighted by Crippen LogP contribution is -2.61. The number of alkyl halides is 1. The Kier molecular flexibility index (Phi) is 5.30. The van der Waals surface area contributed by atoms with Crippen LogP contribution in [0.3, 0.4) is 0 Å². The summed E-state index contributed by atoms with van der Waals surface area (Å²) in [5.41, 5.74) is -1.97. The first-order valence-corrected chi connectivity index (χ1v) is 8.50. The van der Waals surface area contributed by atoms with E-state index in [1.807, 2.05) is 0 Å². The van der Waals surface area contributed by atoms with Gasteiger partial charge in [0.25, 0.3) is 0 Å². The average molecular weight is 399 g/mol. The van der Waals surface area contributed by atoms with Gasteiger partial charge in [-0.1, -0.05) is 0 Å². The zero-order valence-corrected chi connectivity index (χ0v) is 14.5. The highest BCUT2D eigenvalue weighted by Gasteiger charge is 2.68. The van der Waals surface area contributed by atoms with Gasteiger partial charge in [0, 0.05) is 0 Å². The van der Waals surface area contributed by atoms with Gasteiger partial charge in [0.05, 0.1) is 23.7 Å². The predicted molar refractivity (Wildman–Crippen MR) is 83.6 cm³/mol. The van der Waals surface area contributed by atoms with E-state index in [0.29, 0.717) is 0 Å². The van der Waals surface area contributed by atoms with Crippen LogP contribution in [0.25, 0.3) is 0 Å². The molecule has 0 bridgehead atoms. The van der Waals surface area contributed by atoms with Crippen LogP contribution >= 0.6 is 11.6 Å². The number of hydrogen-bond acceptors (Lipinski definition) is 10. The predicted octanol–water partition coefficient (Wildman–Crippen LogP) is -3.25. The van der Waals surface area contributed by atoms with Crippen molar-refractivity contribution in [2.45, 2.75) is 66.6 Å². The van der Waals surface area contributed by atoms with Crippen LogP contribution in [0.5, 0.6) is 0 Å². The Bertz CT molecular complexity index is 557. The number of aliphatic hydroxyl groups excluding tert-OH is 6. The van der Waals surface area contributed by atoms with Crippen molar-refractivity contribution in [2.24, 2.45) is 5.92 Å². The molecule has 26 heavy (non-hydrogen) atoms. The Hall–Kier alpha value is -0.530. The van der Waals surface area contributed by atoms with Crippen molar-refractivity contribution in [2.75, 3.05) is 6.61 Å². The Morgan fingerprint density at radius 2 is 1.69 bits per heavy atom. The second-order valence-corrected chi connectivity index (χ2v) is 7.86. The van der Waals surface area contributed by atoms with Crippen LogP contribution in [0.2, 0.25) is 0 Å². The molecular formula is C15H23ClO10. The molecule has 0 radical (unpaired) electrons. The van der Waals surface area contributed by atoms with Gasteiger partial charge in [0.1, 0.15) is 42.2 Å². The molecule has 0 aromatic heterocycles. The SMILES string of the molecule is C[C@]1(Cl)[C@H]2[C@H](O[C@@H]3O[C@H](CO)[C@@H](O)[C@H](O)[C@H]3O)OC=C[C@@]2(O)[C@H](O)[C@@H]1O. The molecule has 2 heterocycles. The minimum atomic E-state index is -1.97. The summed E-state index contributed by atoms with van der Waals surface area (Å²) in [6.45, 7) is 0.742. The molecular weight excluding hydrogens is 376 g/mol. The molecule has 3 aliphatic rings. The maximum atomic E-state index is 10.8. The van der Waals surface area contributed by atoms with E-state index in [4.69, 9.17) is 25.8 Å². The number of aliphatic hydroxyl groups is 7. The number of hydrogen-bond donors (Lipinski definition) is 7. The molecule has 0 spiro atoms. The molecule has 1 aliphatic carbocycles. The lowest BCUT2D eigenvalue weighted by Gasteiger charge is -2.45. The van der Waals surface area contributed by atoms with Crippen molar-refractivity contribution in [3.05, 3.63) is 12.3 Å². The fourth-order valence-electron chi connectivity index (χ4n) is 3.79. The second-order valence-electron chi connectivity index (χ2n) is 7.05. The Balaban J connectivity index is 1.85. The molecule has 0 unspecified atom stereocenters. The van der Waals surface area contributed by atoms with Crippen molar-refractivity contribution in [3.8, 4) is 0 Å². The van der Waals surface area contributed by atoms with E-state index in [2.05, 4.69) is 0 Å². The molecule has 0 aromatic carbocycles. The number of ether oxygens (including phenoxy) is 3. The van der Waals surface area contributed by atoms with E-state index in [1.165, 1.54) is 6.92 Å². The van der Waals surface area contributed by atoms with Crippen molar-refractivity contribution in [3.63, 3.8) is 0 Å². The highest BCUT2D eigenvalue weighted by molar-refractivity contribution is 6.24. The molecule has 2 fully saturated rings. The molecule has 7 N–H and O–H groups in total. The van der Waals surface area contributed by atoms with Gasteiger partial charge in [-0.2, -0.15) is 0 Å². The van der Waals surface area contributed by atoms with E-state index in [-0.39, 0.29) is 0 Å². The third-order valence-corrected chi connectivity index (χ3v) is 5.85. The Morgan fingerprint density at radius 3 is 2.31 bits per heavy atom. The lowest BCUT2D eigenvalue weighted by molar-refractivity contribution is -0.346. The summed E-state index contributed by atoms with van der Waals surface area (Å²) < 4.78 is 16.1. The molecule has 2 aliphatic heterocycles. The highest BCUT2D eigenvalue weighted by atomic mass is 35.5. The van der Waals surface area contributed by atoms with Gasteiger partial charge in [-0.3, -0.25) is 0 Å². The Morgan fingerprint density at radius 1 is 1.04 bits per heavy atom.